The van der Waals surface area contributed by atoms with Gasteiger partial charge in [0.15, 0.2) is 6.10 Å². The first-order valence-corrected chi connectivity index (χ1v) is 28.1. The number of hydrogen-bond donors (Lipinski definition) is 0. The molecule has 0 heterocycles. The SMILES string of the molecule is CCC(C)CCCCCCCCCCCCC(=O)O[C@@H](COC(=O)CCCCCCCCCCCCCCCC(C)C)COC(=O)CCCCCCCCCCCCCCC(C)C. The van der Waals surface area contributed by atoms with Crippen molar-refractivity contribution in [1.82, 2.24) is 0 Å². The number of hydrogen-bond acceptors (Lipinski definition) is 6. The topological polar surface area (TPSA) is 78.9 Å². The molecule has 374 valence electrons. The number of unbranched alkanes of at least 4 members (excludes halogenated alkanes) is 32. The third-order valence-corrected chi connectivity index (χ3v) is 13.3. The molecule has 0 saturated carbocycles. The average molecular weight is 892 g/mol. The predicted molar refractivity (Wildman–Crippen MR) is 270 cm³/mol. The number of carbonyl (C=O) groups is 3. The second kappa shape index (κ2) is 48.3. The molecule has 1 unspecified atom stereocenters. The molecule has 0 aromatic heterocycles. The Morgan fingerprint density at radius 1 is 0.317 bits per heavy atom. The zero-order valence-corrected chi connectivity index (χ0v) is 43.4. The Balaban J connectivity index is 4.32. The Kier molecular flexibility index (Phi) is 47.1. The van der Waals surface area contributed by atoms with E-state index in [1.54, 1.807) is 0 Å². The summed E-state index contributed by atoms with van der Waals surface area (Å²) in [6, 6.07) is 0. The highest BCUT2D eigenvalue weighted by atomic mass is 16.6. The van der Waals surface area contributed by atoms with Crippen molar-refractivity contribution < 1.29 is 28.6 Å². The zero-order valence-electron chi connectivity index (χ0n) is 43.4. The first-order chi connectivity index (χ1) is 30.6. The molecule has 0 aliphatic carbocycles. The summed E-state index contributed by atoms with van der Waals surface area (Å²) in [7, 11) is 0. The summed E-state index contributed by atoms with van der Waals surface area (Å²) in [6.45, 7) is 13.8. The van der Waals surface area contributed by atoms with Gasteiger partial charge in [0.05, 0.1) is 0 Å². The molecule has 0 aliphatic heterocycles. The van der Waals surface area contributed by atoms with Crippen molar-refractivity contribution in [2.24, 2.45) is 17.8 Å². The van der Waals surface area contributed by atoms with Crippen LogP contribution in [0.1, 0.15) is 311 Å². The molecule has 0 saturated heterocycles. The van der Waals surface area contributed by atoms with Crippen LogP contribution in [0.5, 0.6) is 0 Å². The summed E-state index contributed by atoms with van der Waals surface area (Å²) >= 11 is 0. The van der Waals surface area contributed by atoms with Crippen LogP contribution in [0.3, 0.4) is 0 Å². The van der Waals surface area contributed by atoms with Crippen molar-refractivity contribution in [3.8, 4) is 0 Å². The molecule has 0 spiro atoms. The highest BCUT2D eigenvalue weighted by Crippen LogP contribution is 2.18. The van der Waals surface area contributed by atoms with E-state index >= 15 is 0 Å². The molecule has 0 radical (unpaired) electrons. The van der Waals surface area contributed by atoms with E-state index in [-0.39, 0.29) is 31.1 Å². The van der Waals surface area contributed by atoms with Crippen molar-refractivity contribution in [3.63, 3.8) is 0 Å². The Morgan fingerprint density at radius 2 is 0.556 bits per heavy atom. The lowest BCUT2D eigenvalue weighted by molar-refractivity contribution is -0.167. The average Bonchev–Trinajstić information content (AvgIpc) is 3.25. The molecule has 6 nitrogen and oxygen atoms in total. The van der Waals surface area contributed by atoms with E-state index in [0.29, 0.717) is 19.3 Å². The summed E-state index contributed by atoms with van der Waals surface area (Å²) in [5, 5.41) is 0. The maximum absolute atomic E-state index is 12.8. The van der Waals surface area contributed by atoms with Crippen LogP contribution >= 0.6 is 0 Å². The normalized spacial score (nSPS) is 12.6. The summed E-state index contributed by atoms with van der Waals surface area (Å²) in [5.41, 5.74) is 0. The Morgan fingerprint density at radius 3 is 0.825 bits per heavy atom. The highest BCUT2D eigenvalue weighted by Gasteiger charge is 2.19. The van der Waals surface area contributed by atoms with E-state index < -0.39 is 6.10 Å². The van der Waals surface area contributed by atoms with Gasteiger partial charge in [0, 0.05) is 19.3 Å². The summed E-state index contributed by atoms with van der Waals surface area (Å²) < 4.78 is 16.9. The molecule has 0 rings (SSSR count). The summed E-state index contributed by atoms with van der Waals surface area (Å²) in [6.07, 6.45) is 49.4. The highest BCUT2D eigenvalue weighted by molar-refractivity contribution is 5.71. The lowest BCUT2D eigenvalue weighted by Crippen LogP contribution is -2.30. The lowest BCUT2D eigenvalue weighted by Gasteiger charge is -2.18. The van der Waals surface area contributed by atoms with Gasteiger partial charge in [-0.1, -0.05) is 273 Å². The Hall–Kier alpha value is -1.59. The third kappa shape index (κ3) is 49.7. The number of carbonyl (C=O) groups excluding carboxylic acids is 3. The standard InChI is InChI=1S/C57H110O6/c1-7-53(6)45-39-33-27-21-17-18-24-30-36-42-48-57(60)63-54(50-62-56(59)47-41-35-29-23-16-12-11-14-20-26-32-38-44-52(4)5)49-61-55(58)46-40-34-28-22-15-10-8-9-13-19-25-31-37-43-51(2)3/h51-54H,7-50H2,1-6H3/t53?,54-/m0/s1. The maximum Gasteiger partial charge on any atom is 0.306 e. The van der Waals surface area contributed by atoms with Crippen molar-refractivity contribution in [1.29, 1.82) is 0 Å². The van der Waals surface area contributed by atoms with Crippen LogP contribution in [0, 0.1) is 17.8 Å². The third-order valence-electron chi connectivity index (χ3n) is 13.3. The van der Waals surface area contributed by atoms with Gasteiger partial charge >= 0.3 is 17.9 Å². The molecule has 2 atom stereocenters. The number of ether oxygens (including phenoxy) is 3. The van der Waals surface area contributed by atoms with Gasteiger partial charge in [0.25, 0.3) is 0 Å². The smallest absolute Gasteiger partial charge is 0.306 e. The molecule has 63 heavy (non-hydrogen) atoms. The fourth-order valence-corrected chi connectivity index (χ4v) is 8.61. The maximum atomic E-state index is 12.8. The minimum atomic E-state index is -0.763. The predicted octanol–water partition coefficient (Wildman–Crippen LogP) is 18.3. The van der Waals surface area contributed by atoms with Crippen LogP contribution in [0.2, 0.25) is 0 Å². The van der Waals surface area contributed by atoms with E-state index in [0.717, 1.165) is 75.5 Å². The largest absolute Gasteiger partial charge is 0.462 e. The van der Waals surface area contributed by atoms with Gasteiger partial charge < -0.3 is 14.2 Å². The number of rotatable bonds is 50. The van der Waals surface area contributed by atoms with Gasteiger partial charge in [-0.25, -0.2) is 0 Å². The van der Waals surface area contributed by atoms with Crippen molar-refractivity contribution in [2.75, 3.05) is 13.2 Å². The van der Waals surface area contributed by atoms with Gasteiger partial charge in [0.2, 0.25) is 0 Å². The molecule has 0 N–H and O–H groups in total. The molecular formula is C57H110O6. The Labute approximate surface area is 393 Å². The van der Waals surface area contributed by atoms with E-state index in [4.69, 9.17) is 14.2 Å². The fraction of sp³-hybridized carbons (Fsp3) is 0.947. The molecule has 0 fully saturated rings. The molecule has 0 aromatic carbocycles. The zero-order chi connectivity index (χ0) is 46.3. The quantitative estimate of drug-likeness (QED) is 0.0344. The minimum absolute atomic E-state index is 0.0639. The van der Waals surface area contributed by atoms with Crippen LogP contribution in [0.4, 0.5) is 0 Å². The fourth-order valence-electron chi connectivity index (χ4n) is 8.61. The van der Waals surface area contributed by atoms with E-state index in [9.17, 15) is 14.4 Å². The van der Waals surface area contributed by atoms with E-state index in [2.05, 4.69) is 41.5 Å². The molecular weight excluding hydrogens is 781 g/mol. The van der Waals surface area contributed by atoms with Gasteiger partial charge in [-0.15, -0.1) is 0 Å². The van der Waals surface area contributed by atoms with Crippen molar-refractivity contribution in [3.05, 3.63) is 0 Å². The van der Waals surface area contributed by atoms with Crippen LogP contribution < -0.4 is 0 Å². The first kappa shape index (κ1) is 61.4. The second-order valence-electron chi connectivity index (χ2n) is 20.8. The van der Waals surface area contributed by atoms with Gasteiger partial charge in [-0.05, 0) is 37.0 Å². The van der Waals surface area contributed by atoms with Crippen LogP contribution in [-0.2, 0) is 28.6 Å². The molecule has 6 heteroatoms. The van der Waals surface area contributed by atoms with E-state index in [1.165, 1.54) is 193 Å². The van der Waals surface area contributed by atoms with E-state index in [1.807, 2.05) is 0 Å². The molecule has 0 aliphatic rings. The number of esters is 3. The van der Waals surface area contributed by atoms with Crippen LogP contribution in [-0.4, -0.2) is 37.2 Å². The second-order valence-corrected chi connectivity index (χ2v) is 20.8. The first-order valence-electron chi connectivity index (χ1n) is 28.1. The van der Waals surface area contributed by atoms with Gasteiger partial charge in [-0.3, -0.25) is 14.4 Å². The summed E-state index contributed by atoms with van der Waals surface area (Å²) in [5.74, 6) is 1.69. The Bertz CT molecular complexity index is 978. The van der Waals surface area contributed by atoms with Crippen LogP contribution in [0.25, 0.3) is 0 Å². The molecule has 0 aromatic rings. The van der Waals surface area contributed by atoms with Crippen LogP contribution in [0.15, 0.2) is 0 Å². The monoisotopic (exact) mass is 891 g/mol. The molecule has 0 bridgehead atoms. The van der Waals surface area contributed by atoms with Gasteiger partial charge in [-0.2, -0.15) is 0 Å². The van der Waals surface area contributed by atoms with Crippen molar-refractivity contribution >= 4 is 17.9 Å². The van der Waals surface area contributed by atoms with Gasteiger partial charge in [0.1, 0.15) is 13.2 Å². The lowest BCUT2D eigenvalue weighted by atomic mass is 9.99. The minimum Gasteiger partial charge on any atom is -0.462 e. The summed E-state index contributed by atoms with van der Waals surface area (Å²) in [4.78, 5) is 38.1. The molecule has 0 amide bonds. The van der Waals surface area contributed by atoms with Crippen molar-refractivity contribution in [2.45, 2.75) is 317 Å².